The molecule has 1 heterocycles. The molecule has 0 fully saturated rings. The van der Waals surface area contributed by atoms with Gasteiger partial charge in [-0.1, -0.05) is 23.8 Å². The molecule has 2 rings (SSSR count). The molecule has 9 heteroatoms. The van der Waals surface area contributed by atoms with Crippen molar-refractivity contribution in [3.8, 4) is 0 Å². The summed E-state index contributed by atoms with van der Waals surface area (Å²) in [6.45, 7) is 0. The van der Waals surface area contributed by atoms with Crippen LogP contribution in [-0.4, -0.2) is 23.4 Å². The van der Waals surface area contributed by atoms with Crippen LogP contribution in [0.4, 0.5) is 5.69 Å². The summed E-state index contributed by atoms with van der Waals surface area (Å²) in [6.07, 6.45) is 2.45. The lowest BCUT2D eigenvalue weighted by atomic mass is 10.2. The monoisotopic (exact) mass is 316 g/mol. The third kappa shape index (κ3) is 3.03. The smallest absolute Gasteiger partial charge is 0.278 e. The summed E-state index contributed by atoms with van der Waals surface area (Å²) >= 11 is 10.7. The fraction of sp³-hybridized carbons (Fsp3) is 0. The van der Waals surface area contributed by atoms with Crippen molar-refractivity contribution in [3.63, 3.8) is 0 Å². The van der Waals surface area contributed by atoms with Crippen LogP contribution in [0, 0.1) is 0 Å². The van der Waals surface area contributed by atoms with E-state index in [9.17, 15) is 8.42 Å². The first kappa shape index (κ1) is 13.8. The van der Waals surface area contributed by atoms with E-state index < -0.39 is 10.0 Å². The predicted molar refractivity (Wildman–Crippen MR) is 76.7 cm³/mol. The van der Waals surface area contributed by atoms with E-state index in [-0.39, 0.29) is 15.7 Å². The highest BCUT2D eigenvalue weighted by atomic mass is 35.5. The van der Waals surface area contributed by atoms with Crippen molar-refractivity contribution in [1.82, 2.24) is 9.97 Å². The minimum Gasteiger partial charge on any atom is -0.389 e. The summed E-state index contributed by atoms with van der Waals surface area (Å²) in [5.41, 5.74) is 6.14. The second kappa shape index (κ2) is 5.16. The van der Waals surface area contributed by atoms with Crippen molar-refractivity contribution >= 4 is 44.5 Å². The van der Waals surface area contributed by atoms with Crippen LogP contribution in [-0.2, 0) is 10.0 Å². The summed E-state index contributed by atoms with van der Waals surface area (Å²) in [4.78, 5) is 6.22. The van der Waals surface area contributed by atoms with E-state index in [0.717, 1.165) is 0 Å². The molecular formula is C10H9ClN4O2S2. The summed E-state index contributed by atoms with van der Waals surface area (Å²) in [7, 11) is -3.78. The van der Waals surface area contributed by atoms with Crippen molar-refractivity contribution in [2.75, 3.05) is 4.72 Å². The van der Waals surface area contributed by atoms with E-state index >= 15 is 0 Å². The Balaban J connectivity index is 2.44. The standard InChI is InChI=1S/C10H9ClN4O2S2/c11-6-1-2-7(10(12)18)8(3-6)15-19(16,17)9-4-13-5-14-9/h1-5,15H,(H2,12,18)(H,13,14). The molecule has 0 unspecified atom stereocenters. The summed E-state index contributed by atoms with van der Waals surface area (Å²) in [5, 5.41) is 0.295. The number of anilines is 1. The quantitative estimate of drug-likeness (QED) is 0.742. The van der Waals surface area contributed by atoms with Crippen LogP contribution in [0.5, 0.6) is 0 Å². The van der Waals surface area contributed by atoms with Gasteiger partial charge in [0.25, 0.3) is 10.0 Å². The Kier molecular flexibility index (Phi) is 3.74. The first-order chi connectivity index (χ1) is 8.90. The number of nitrogens with one attached hydrogen (secondary N) is 2. The van der Waals surface area contributed by atoms with Crippen molar-refractivity contribution < 1.29 is 8.42 Å². The van der Waals surface area contributed by atoms with Crippen LogP contribution in [0.3, 0.4) is 0 Å². The van der Waals surface area contributed by atoms with Gasteiger partial charge in [-0.3, -0.25) is 4.72 Å². The number of imidazole rings is 1. The number of thiocarbonyl (C=S) groups is 1. The second-order valence-electron chi connectivity index (χ2n) is 3.58. The molecule has 6 nitrogen and oxygen atoms in total. The fourth-order valence-corrected chi connectivity index (χ4v) is 2.73. The summed E-state index contributed by atoms with van der Waals surface area (Å²) in [6, 6.07) is 4.56. The molecule has 4 N–H and O–H groups in total. The van der Waals surface area contributed by atoms with Crippen molar-refractivity contribution in [2.24, 2.45) is 5.73 Å². The number of aromatic nitrogens is 2. The number of benzene rings is 1. The molecule has 0 radical (unpaired) electrons. The number of rotatable bonds is 4. The molecule has 1 aromatic heterocycles. The number of halogens is 1. The molecule has 0 saturated heterocycles. The lowest BCUT2D eigenvalue weighted by Crippen LogP contribution is -2.18. The SMILES string of the molecule is NC(=S)c1ccc(Cl)cc1NS(=O)(=O)c1cnc[nH]1. The third-order valence-corrected chi connectivity index (χ3v) is 4.00. The van der Waals surface area contributed by atoms with Gasteiger partial charge in [-0.25, -0.2) is 4.98 Å². The topological polar surface area (TPSA) is 101 Å². The second-order valence-corrected chi connectivity index (χ2v) is 6.10. The van der Waals surface area contributed by atoms with Gasteiger partial charge < -0.3 is 10.7 Å². The predicted octanol–water partition coefficient (Wildman–Crippen LogP) is 1.50. The maximum atomic E-state index is 12.0. The molecule has 0 amide bonds. The molecule has 0 bridgehead atoms. The Morgan fingerprint density at radius 1 is 1.47 bits per heavy atom. The van der Waals surface area contributed by atoms with E-state index in [2.05, 4.69) is 14.7 Å². The first-order valence-electron chi connectivity index (χ1n) is 5.01. The molecule has 100 valence electrons. The number of nitrogens with zero attached hydrogens (tertiary/aromatic N) is 1. The summed E-state index contributed by atoms with van der Waals surface area (Å²) in [5.74, 6) is 0. The minimum atomic E-state index is -3.78. The Morgan fingerprint density at radius 2 is 2.21 bits per heavy atom. The van der Waals surface area contributed by atoms with Crippen LogP contribution >= 0.6 is 23.8 Å². The lowest BCUT2D eigenvalue weighted by Gasteiger charge is -2.11. The van der Waals surface area contributed by atoms with E-state index in [1.165, 1.54) is 18.6 Å². The fourth-order valence-electron chi connectivity index (χ4n) is 1.41. The molecule has 2 aromatic rings. The Morgan fingerprint density at radius 3 is 2.79 bits per heavy atom. The van der Waals surface area contributed by atoms with Gasteiger partial charge in [0, 0.05) is 10.6 Å². The zero-order valence-electron chi connectivity index (χ0n) is 9.42. The van der Waals surface area contributed by atoms with E-state index in [0.29, 0.717) is 10.6 Å². The van der Waals surface area contributed by atoms with Crippen LogP contribution in [0.15, 0.2) is 35.7 Å². The molecule has 0 aliphatic rings. The van der Waals surface area contributed by atoms with Gasteiger partial charge in [-0.05, 0) is 18.2 Å². The van der Waals surface area contributed by atoms with Crippen LogP contribution in [0.2, 0.25) is 5.02 Å². The van der Waals surface area contributed by atoms with Crippen LogP contribution < -0.4 is 10.5 Å². The molecule has 19 heavy (non-hydrogen) atoms. The minimum absolute atomic E-state index is 0.0682. The van der Waals surface area contributed by atoms with Gasteiger partial charge in [0.05, 0.1) is 18.2 Å². The number of hydrogen-bond acceptors (Lipinski definition) is 4. The van der Waals surface area contributed by atoms with Gasteiger partial charge in [0.1, 0.15) is 4.99 Å². The third-order valence-electron chi connectivity index (χ3n) is 2.25. The van der Waals surface area contributed by atoms with Crippen LogP contribution in [0.1, 0.15) is 5.56 Å². The Bertz CT molecular complexity index is 713. The van der Waals surface area contributed by atoms with E-state index in [4.69, 9.17) is 29.6 Å². The number of aromatic amines is 1. The highest BCUT2D eigenvalue weighted by molar-refractivity contribution is 7.92. The zero-order valence-corrected chi connectivity index (χ0v) is 11.8. The molecule has 0 spiro atoms. The normalized spacial score (nSPS) is 11.2. The largest absolute Gasteiger partial charge is 0.389 e. The van der Waals surface area contributed by atoms with Gasteiger partial charge in [-0.2, -0.15) is 8.42 Å². The average molecular weight is 317 g/mol. The maximum Gasteiger partial charge on any atom is 0.278 e. The van der Waals surface area contributed by atoms with Gasteiger partial charge in [0.15, 0.2) is 5.03 Å². The molecular weight excluding hydrogens is 308 g/mol. The van der Waals surface area contributed by atoms with Crippen molar-refractivity contribution in [1.29, 1.82) is 0 Å². The molecule has 0 atom stereocenters. The highest BCUT2D eigenvalue weighted by Gasteiger charge is 2.18. The molecule has 1 aromatic carbocycles. The highest BCUT2D eigenvalue weighted by Crippen LogP contribution is 2.23. The molecule has 0 aliphatic heterocycles. The Labute approximate surface area is 120 Å². The molecule has 0 aliphatic carbocycles. The molecule has 0 saturated carbocycles. The number of nitrogens with two attached hydrogens (primary N) is 1. The number of H-pyrrole nitrogens is 1. The zero-order chi connectivity index (χ0) is 14.0. The van der Waals surface area contributed by atoms with Gasteiger partial charge in [-0.15, -0.1) is 0 Å². The Hall–Kier alpha value is -1.64. The average Bonchev–Trinajstić information content (AvgIpc) is 2.81. The lowest BCUT2D eigenvalue weighted by molar-refractivity contribution is 0.598. The van der Waals surface area contributed by atoms with Crippen molar-refractivity contribution in [3.05, 3.63) is 41.3 Å². The van der Waals surface area contributed by atoms with Crippen LogP contribution in [0.25, 0.3) is 0 Å². The van der Waals surface area contributed by atoms with Crippen molar-refractivity contribution in [2.45, 2.75) is 5.03 Å². The van der Waals surface area contributed by atoms with E-state index in [1.807, 2.05) is 0 Å². The van der Waals surface area contributed by atoms with E-state index in [1.54, 1.807) is 12.1 Å². The maximum absolute atomic E-state index is 12.0. The van der Waals surface area contributed by atoms with Gasteiger partial charge in [0.2, 0.25) is 0 Å². The number of hydrogen-bond donors (Lipinski definition) is 3. The number of sulfonamides is 1. The first-order valence-corrected chi connectivity index (χ1v) is 7.27. The van der Waals surface area contributed by atoms with Gasteiger partial charge >= 0.3 is 0 Å². The summed E-state index contributed by atoms with van der Waals surface area (Å²) < 4.78 is 26.4.